The van der Waals surface area contributed by atoms with Crippen molar-refractivity contribution in [2.75, 3.05) is 0 Å². The van der Waals surface area contributed by atoms with Gasteiger partial charge in [-0.2, -0.15) is 0 Å². The lowest BCUT2D eigenvalue weighted by Gasteiger charge is -2.03. The van der Waals surface area contributed by atoms with Gasteiger partial charge in [-0.15, -0.1) is 6.42 Å². The molecular weight excluding hydrogens is 116 g/mol. The van der Waals surface area contributed by atoms with Crippen molar-refractivity contribution < 1.29 is 9.53 Å². The molecule has 0 aromatic heterocycles. The van der Waals surface area contributed by atoms with Crippen LogP contribution in [0.2, 0.25) is 0 Å². The molecule has 0 spiro atoms. The van der Waals surface area contributed by atoms with Crippen LogP contribution in [-0.4, -0.2) is 12.1 Å². The summed E-state index contributed by atoms with van der Waals surface area (Å²) >= 11 is 0. The minimum Gasteiger partial charge on any atom is -0.449 e. The van der Waals surface area contributed by atoms with Gasteiger partial charge < -0.3 is 4.74 Å². The van der Waals surface area contributed by atoms with E-state index in [1.54, 1.807) is 6.92 Å². The van der Waals surface area contributed by atoms with Gasteiger partial charge in [-0.3, -0.25) is 4.79 Å². The van der Waals surface area contributed by atoms with Crippen molar-refractivity contribution in [2.24, 2.45) is 0 Å². The maximum atomic E-state index is 10.4. The van der Waals surface area contributed by atoms with Gasteiger partial charge in [0.2, 0.25) is 0 Å². The van der Waals surface area contributed by atoms with E-state index >= 15 is 0 Å². The Morgan fingerprint density at radius 3 is 2.89 bits per heavy atom. The molecule has 0 amide bonds. The van der Waals surface area contributed by atoms with Crippen LogP contribution in [0.5, 0.6) is 0 Å². The number of rotatable bonds is 2. The van der Waals surface area contributed by atoms with Crippen LogP contribution in [0, 0.1) is 19.3 Å². The third-order valence-corrected chi connectivity index (χ3v) is 0.747. The second kappa shape index (κ2) is 3.96. The summed E-state index contributed by atoms with van der Waals surface area (Å²) in [4.78, 5) is 10.4. The third kappa shape index (κ3) is 3.60. The SMILES string of the molecule is C#CC(C)OC(=O)C[CH2]. The van der Waals surface area contributed by atoms with Crippen molar-refractivity contribution >= 4 is 5.97 Å². The molecule has 2 nitrogen and oxygen atoms in total. The van der Waals surface area contributed by atoms with E-state index in [1.165, 1.54) is 0 Å². The monoisotopic (exact) mass is 125 g/mol. The zero-order valence-corrected chi connectivity index (χ0v) is 5.39. The van der Waals surface area contributed by atoms with E-state index in [2.05, 4.69) is 17.6 Å². The van der Waals surface area contributed by atoms with Crippen molar-refractivity contribution in [3.8, 4) is 12.3 Å². The van der Waals surface area contributed by atoms with E-state index in [0.717, 1.165) is 0 Å². The fraction of sp³-hybridized carbons (Fsp3) is 0.429. The number of hydrogen-bond acceptors (Lipinski definition) is 2. The predicted molar refractivity (Wildman–Crippen MR) is 34.4 cm³/mol. The largest absolute Gasteiger partial charge is 0.449 e. The molecule has 1 atom stereocenters. The Kier molecular flexibility index (Phi) is 3.54. The van der Waals surface area contributed by atoms with Gasteiger partial charge in [0.05, 0.1) is 0 Å². The molecule has 0 aromatic carbocycles. The molecule has 0 aliphatic heterocycles. The normalized spacial score (nSPS) is 11.7. The molecule has 0 N–H and O–H groups in total. The highest BCUT2D eigenvalue weighted by Gasteiger charge is 2.01. The van der Waals surface area contributed by atoms with E-state index in [4.69, 9.17) is 6.42 Å². The second-order valence-electron chi connectivity index (χ2n) is 1.55. The van der Waals surface area contributed by atoms with Gasteiger partial charge >= 0.3 is 5.97 Å². The average molecular weight is 125 g/mol. The molecule has 1 radical (unpaired) electrons. The molecule has 0 bridgehead atoms. The fourth-order valence-electron chi connectivity index (χ4n) is 0.290. The van der Waals surface area contributed by atoms with Crippen LogP contribution < -0.4 is 0 Å². The molecule has 0 fully saturated rings. The van der Waals surface area contributed by atoms with Gasteiger partial charge in [0, 0.05) is 6.42 Å². The first kappa shape index (κ1) is 8.03. The van der Waals surface area contributed by atoms with Crippen LogP contribution in [0.3, 0.4) is 0 Å². The lowest BCUT2D eigenvalue weighted by molar-refractivity contribution is -0.144. The molecule has 0 aliphatic carbocycles. The fourth-order valence-corrected chi connectivity index (χ4v) is 0.290. The van der Waals surface area contributed by atoms with Crippen LogP contribution in [-0.2, 0) is 9.53 Å². The molecule has 0 aromatic rings. The second-order valence-corrected chi connectivity index (χ2v) is 1.55. The molecule has 9 heavy (non-hydrogen) atoms. The van der Waals surface area contributed by atoms with E-state index in [-0.39, 0.29) is 12.4 Å². The maximum absolute atomic E-state index is 10.4. The first-order chi connectivity index (χ1) is 4.20. The Morgan fingerprint density at radius 1 is 2.00 bits per heavy atom. The van der Waals surface area contributed by atoms with E-state index in [9.17, 15) is 4.79 Å². The van der Waals surface area contributed by atoms with Crippen molar-refractivity contribution in [1.82, 2.24) is 0 Å². The molecule has 0 rings (SSSR count). The van der Waals surface area contributed by atoms with Crippen LogP contribution in [0.15, 0.2) is 0 Å². The Morgan fingerprint density at radius 2 is 2.56 bits per heavy atom. The zero-order chi connectivity index (χ0) is 7.28. The summed E-state index contributed by atoms with van der Waals surface area (Å²) < 4.78 is 4.61. The van der Waals surface area contributed by atoms with Gasteiger partial charge in [-0.25, -0.2) is 0 Å². The Balaban J connectivity index is 3.50. The molecule has 0 heterocycles. The van der Waals surface area contributed by atoms with Gasteiger partial charge in [0.25, 0.3) is 0 Å². The summed E-state index contributed by atoms with van der Waals surface area (Å²) in [6, 6.07) is 0. The standard InChI is InChI=1S/C7H9O2/c1-4-6(3)9-7(8)5-2/h1,6H,2,5H2,3H3. The van der Waals surface area contributed by atoms with Crippen LogP contribution in [0.1, 0.15) is 13.3 Å². The molecule has 2 heteroatoms. The smallest absolute Gasteiger partial charge is 0.307 e. The molecule has 1 unspecified atom stereocenters. The highest BCUT2D eigenvalue weighted by atomic mass is 16.5. The maximum Gasteiger partial charge on any atom is 0.307 e. The summed E-state index contributed by atoms with van der Waals surface area (Å²) in [5.74, 6) is 1.90. The van der Waals surface area contributed by atoms with Crippen LogP contribution in [0.25, 0.3) is 0 Å². The summed E-state index contributed by atoms with van der Waals surface area (Å²) in [5.41, 5.74) is 0. The highest BCUT2D eigenvalue weighted by Crippen LogP contribution is 1.90. The predicted octanol–water partition coefficient (Wildman–Crippen LogP) is 0.775. The van der Waals surface area contributed by atoms with Crippen molar-refractivity contribution in [2.45, 2.75) is 19.4 Å². The Hall–Kier alpha value is -0.970. The number of carbonyl (C=O) groups excluding carboxylic acids is 1. The molecule has 0 aliphatic rings. The average Bonchev–Trinajstić information content (AvgIpc) is 1.87. The molecule has 0 saturated carbocycles. The minimum absolute atomic E-state index is 0.131. The van der Waals surface area contributed by atoms with Crippen molar-refractivity contribution in [1.29, 1.82) is 0 Å². The lowest BCUT2D eigenvalue weighted by atomic mass is 10.4. The number of hydrogen-bond donors (Lipinski definition) is 0. The summed E-state index contributed by atoms with van der Waals surface area (Å²) in [7, 11) is 0. The van der Waals surface area contributed by atoms with Gasteiger partial charge in [0.1, 0.15) is 0 Å². The number of ether oxygens (including phenoxy) is 1. The highest BCUT2D eigenvalue weighted by molar-refractivity contribution is 5.70. The van der Waals surface area contributed by atoms with Gasteiger partial charge in [-0.1, -0.05) is 5.92 Å². The van der Waals surface area contributed by atoms with Crippen LogP contribution >= 0.6 is 0 Å². The van der Waals surface area contributed by atoms with Crippen LogP contribution in [0.4, 0.5) is 0 Å². The molecule has 0 saturated heterocycles. The summed E-state index contributed by atoms with van der Waals surface area (Å²) in [6.45, 7) is 4.96. The van der Waals surface area contributed by atoms with E-state index in [0.29, 0.717) is 0 Å². The zero-order valence-electron chi connectivity index (χ0n) is 5.39. The first-order valence-electron chi connectivity index (χ1n) is 2.65. The van der Waals surface area contributed by atoms with E-state index < -0.39 is 6.10 Å². The minimum atomic E-state index is -0.431. The van der Waals surface area contributed by atoms with Crippen molar-refractivity contribution in [3.63, 3.8) is 0 Å². The van der Waals surface area contributed by atoms with E-state index in [1.807, 2.05) is 0 Å². The Bertz CT molecular complexity index is 132. The number of esters is 1. The number of carbonyl (C=O) groups is 1. The van der Waals surface area contributed by atoms with Gasteiger partial charge in [-0.05, 0) is 13.8 Å². The topological polar surface area (TPSA) is 26.3 Å². The van der Waals surface area contributed by atoms with Gasteiger partial charge in [0.15, 0.2) is 6.10 Å². The summed E-state index contributed by atoms with van der Waals surface area (Å²) in [5, 5.41) is 0. The third-order valence-electron chi connectivity index (χ3n) is 0.747. The molecular formula is C7H9O2. The van der Waals surface area contributed by atoms with Crippen molar-refractivity contribution in [3.05, 3.63) is 6.92 Å². The lowest BCUT2D eigenvalue weighted by Crippen LogP contribution is -2.11. The first-order valence-corrected chi connectivity index (χ1v) is 2.65. The summed E-state index contributed by atoms with van der Waals surface area (Å²) in [6.07, 6.45) is 4.63. The Labute approximate surface area is 55.2 Å². The number of terminal acetylenes is 1. The molecule has 49 valence electrons. The quantitative estimate of drug-likeness (QED) is 0.402.